The second-order valence-electron chi connectivity index (χ2n) is 7.44. The fourth-order valence-electron chi connectivity index (χ4n) is 3.55. The first-order valence-corrected chi connectivity index (χ1v) is 12.4. The third-order valence-corrected chi connectivity index (χ3v) is 6.47. The molecule has 0 bridgehead atoms. The normalized spacial score (nSPS) is 12.8. The van der Waals surface area contributed by atoms with Crippen molar-refractivity contribution in [1.29, 1.82) is 0 Å². The van der Waals surface area contributed by atoms with Crippen molar-refractivity contribution in [3.63, 3.8) is 0 Å². The van der Waals surface area contributed by atoms with Crippen LogP contribution in [0, 0.1) is 0 Å². The summed E-state index contributed by atoms with van der Waals surface area (Å²) in [5.74, 6) is 0.579. The van der Waals surface area contributed by atoms with Gasteiger partial charge in [-0.15, -0.1) is 0 Å². The number of aliphatic imine (C=N–C) groups is 1. The molecule has 3 aromatic heterocycles. The van der Waals surface area contributed by atoms with E-state index in [2.05, 4.69) is 41.1 Å². The van der Waals surface area contributed by atoms with Gasteiger partial charge in [-0.2, -0.15) is 0 Å². The van der Waals surface area contributed by atoms with Crippen LogP contribution >= 0.6 is 0 Å². The molecule has 0 fully saturated rings. The molecule has 0 amide bonds. The van der Waals surface area contributed by atoms with Crippen molar-refractivity contribution in [2.45, 2.75) is 11.8 Å². The smallest absolute Gasteiger partial charge is 0.263 e. The Morgan fingerprint density at radius 2 is 1.97 bits per heavy atom. The number of pyridine rings is 1. The highest BCUT2D eigenvalue weighted by atomic mass is 32.2. The zero-order valence-corrected chi connectivity index (χ0v) is 20.4. The number of para-hydroxylation sites is 1. The van der Waals surface area contributed by atoms with Crippen LogP contribution in [0.2, 0.25) is 0 Å². The van der Waals surface area contributed by atoms with Crippen LogP contribution in [0.3, 0.4) is 0 Å². The van der Waals surface area contributed by atoms with Crippen molar-refractivity contribution < 1.29 is 23.0 Å². The van der Waals surface area contributed by atoms with Crippen molar-refractivity contribution in [3.05, 3.63) is 72.3 Å². The van der Waals surface area contributed by atoms with Crippen molar-refractivity contribution in [1.82, 2.24) is 24.5 Å². The largest absolute Gasteiger partial charge is 0.506 e. The molecule has 2 N–H and O–H groups in total. The number of imidazole rings is 1. The van der Waals surface area contributed by atoms with Gasteiger partial charge in [0.05, 0.1) is 30.9 Å². The lowest BCUT2D eigenvalue weighted by molar-refractivity contribution is 0.330. The third kappa shape index (κ3) is 4.53. The molecule has 0 unspecified atom stereocenters. The van der Waals surface area contributed by atoms with Crippen molar-refractivity contribution >= 4 is 38.7 Å². The molecule has 186 valence electrons. The van der Waals surface area contributed by atoms with Gasteiger partial charge in [0, 0.05) is 12.4 Å². The summed E-state index contributed by atoms with van der Waals surface area (Å²) in [5.41, 5.74) is 6.45. The summed E-state index contributed by atoms with van der Waals surface area (Å²) in [6.45, 7) is 2.21. The van der Waals surface area contributed by atoms with Crippen molar-refractivity contribution in [3.8, 4) is 17.2 Å². The van der Waals surface area contributed by atoms with Gasteiger partial charge in [0.15, 0.2) is 28.6 Å². The lowest BCUT2D eigenvalue weighted by Crippen LogP contribution is -2.14. The molecule has 1 aliphatic rings. The van der Waals surface area contributed by atoms with Crippen LogP contribution in [-0.2, 0) is 14.8 Å². The molecule has 1 aliphatic heterocycles. The van der Waals surface area contributed by atoms with Crippen LogP contribution in [-0.4, -0.2) is 57.6 Å². The first kappa shape index (κ1) is 23.8. The zero-order valence-electron chi connectivity index (χ0n) is 19.6. The minimum absolute atomic E-state index is 0.00282. The molecule has 0 aliphatic carbocycles. The van der Waals surface area contributed by atoms with Crippen molar-refractivity contribution in [2.75, 3.05) is 18.4 Å². The predicted molar refractivity (Wildman–Crippen MR) is 134 cm³/mol. The Morgan fingerprint density at radius 1 is 1.16 bits per heavy atom. The lowest BCUT2D eigenvalue weighted by Gasteiger charge is -2.14. The number of nitrogens with zero attached hydrogens (tertiary/aromatic N) is 6. The fourth-order valence-corrected chi connectivity index (χ4v) is 4.52. The van der Waals surface area contributed by atoms with Gasteiger partial charge in [-0.1, -0.05) is 11.8 Å². The first-order chi connectivity index (χ1) is 17.9. The quantitative estimate of drug-likeness (QED) is 0.352. The number of fused-ring (bicyclic) bond motifs is 1. The van der Waals surface area contributed by atoms with Gasteiger partial charge in [0.25, 0.3) is 10.0 Å². The number of sulfonamides is 1. The van der Waals surface area contributed by atoms with Gasteiger partial charge in [-0.3, -0.25) is 14.3 Å². The number of phenols is 1. The Kier molecular flexibility index (Phi) is 6.16. The van der Waals surface area contributed by atoms with E-state index in [1.807, 2.05) is 6.92 Å². The lowest BCUT2D eigenvalue weighted by atomic mass is 10.2. The predicted octanol–water partition coefficient (Wildman–Crippen LogP) is 2.83. The molecule has 0 atom stereocenters. The average molecular weight is 518 g/mol. The summed E-state index contributed by atoms with van der Waals surface area (Å²) >= 11 is 0. The molecule has 0 saturated carbocycles. The Hall–Kier alpha value is -4.96. The number of methoxy groups -OCH3 is 1. The Bertz CT molecular complexity index is 1750. The molecule has 0 radical (unpaired) electrons. The number of phenolic OH excluding ortho intramolecular Hbond substituents is 1. The number of ether oxygens (including phenoxy) is 2. The molecule has 0 spiro atoms. The minimum Gasteiger partial charge on any atom is -0.506 e. The molecular weight excluding hydrogens is 498 g/mol. The molecule has 0 saturated heterocycles. The van der Waals surface area contributed by atoms with Gasteiger partial charge in [-0.25, -0.2) is 28.4 Å². The number of aromatic nitrogens is 5. The second-order valence-corrected chi connectivity index (χ2v) is 9.12. The highest BCUT2D eigenvalue weighted by molar-refractivity contribution is 7.92. The minimum atomic E-state index is -3.97. The highest BCUT2D eigenvalue weighted by Crippen LogP contribution is 2.36. The SMILES string of the molecule is CCOC1=NC(c2nc3ncc(NS(=O)(=O)c4ccncc4)nc3n2-c2c(O)cccc2OC)=C=C=C1. The number of aromatic hydroxyl groups is 1. The first-order valence-electron chi connectivity index (χ1n) is 10.9. The van der Waals surface area contributed by atoms with Gasteiger partial charge >= 0.3 is 0 Å². The Labute approximate surface area is 211 Å². The maximum atomic E-state index is 12.9. The van der Waals surface area contributed by atoms with E-state index in [0.717, 1.165) is 0 Å². The molecule has 12 nitrogen and oxygen atoms in total. The van der Waals surface area contributed by atoms with E-state index in [0.29, 0.717) is 18.3 Å². The van der Waals surface area contributed by atoms with Crippen LogP contribution in [0.1, 0.15) is 12.7 Å². The maximum absolute atomic E-state index is 12.9. The van der Waals surface area contributed by atoms with E-state index >= 15 is 0 Å². The van der Waals surface area contributed by atoms with Gasteiger partial charge in [0.1, 0.15) is 17.2 Å². The van der Waals surface area contributed by atoms with E-state index in [1.165, 1.54) is 54.5 Å². The number of hydrogen-bond donors (Lipinski definition) is 2. The van der Waals surface area contributed by atoms with Crippen molar-refractivity contribution in [2.24, 2.45) is 4.99 Å². The fraction of sp³-hybridized carbons (Fsp3) is 0.125. The van der Waals surface area contributed by atoms with E-state index in [4.69, 9.17) is 9.47 Å². The highest BCUT2D eigenvalue weighted by Gasteiger charge is 2.25. The molecule has 13 heteroatoms. The molecule has 4 aromatic rings. The maximum Gasteiger partial charge on any atom is 0.263 e. The number of benzene rings is 1. The number of nitrogens with one attached hydrogen (secondary N) is 1. The van der Waals surface area contributed by atoms with Gasteiger partial charge in [0.2, 0.25) is 5.90 Å². The zero-order chi connectivity index (χ0) is 26.0. The van der Waals surface area contributed by atoms with E-state index in [-0.39, 0.29) is 45.0 Å². The molecule has 5 rings (SSSR count). The average Bonchev–Trinajstić information content (AvgIpc) is 3.27. The van der Waals surface area contributed by atoms with E-state index < -0.39 is 10.0 Å². The van der Waals surface area contributed by atoms with E-state index in [9.17, 15) is 13.5 Å². The van der Waals surface area contributed by atoms with Crippen LogP contribution in [0.4, 0.5) is 5.82 Å². The number of rotatable bonds is 7. The van der Waals surface area contributed by atoms with Gasteiger partial charge in [-0.05, 0) is 36.9 Å². The number of anilines is 1. The summed E-state index contributed by atoms with van der Waals surface area (Å²) in [7, 11) is -2.52. The standard InChI is InChI=1S/C24H19N7O5S/c1-3-36-20-9-4-6-16(27-20)23-29-22-24(31(23)21-17(32)7-5-8-18(21)35-2)28-19(14-26-22)30-37(33,34)15-10-12-25-13-11-15/h5,7-14,32H,3H2,1-2H3,(H,28,30). The third-order valence-electron chi connectivity index (χ3n) is 5.10. The molecule has 1 aromatic carbocycles. The second kappa shape index (κ2) is 9.59. The summed E-state index contributed by atoms with van der Waals surface area (Å²) in [6, 6.07) is 7.44. The summed E-state index contributed by atoms with van der Waals surface area (Å²) in [4.78, 5) is 21.6. The monoisotopic (exact) mass is 517 g/mol. The van der Waals surface area contributed by atoms with Crippen LogP contribution in [0.5, 0.6) is 11.5 Å². The summed E-state index contributed by atoms with van der Waals surface area (Å²) < 4.78 is 40.5. The van der Waals surface area contributed by atoms with Crippen LogP contribution in [0.25, 0.3) is 22.7 Å². The van der Waals surface area contributed by atoms with Crippen LogP contribution in [0.15, 0.2) is 76.3 Å². The molecule has 37 heavy (non-hydrogen) atoms. The topological polar surface area (TPSA) is 154 Å². The molecule has 4 heterocycles. The van der Waals surface area contributed by atoms with Crippen LogP contribution < -0.4 is 9.46 Å². The molecular formula is C24H19N7O5S. The van der Waals surface area contributed by atoms with Gasteiger partial charge < -0.3 is 14.6 Å². The Balaban J connectivity index is 1.73. The number of hydrogen-bond acceptors (Lipinski definition) is 10. The summed E-state index contributed by atoms with van der Waals surface area (Å²) in [5, 5.41) is 10.8. The summed E-state index contributed by atoms with van der Waals surface area (Å²) in [6.07, 6.45) is 5.51. The van der Waals surface area contributed by atoms with E-state index in [1.54, 1.807) is 12.1 Å². The Morgan fingerprint density at radius 3 is 2.73 bits per heavy atom.